The van der Waals surface area contributed by atoms with E-state index in [-0.39, 0.29) is 11.8 Å². The van der Waals surface area contributed by atoms with Crippen LogP contribution in [0.2, 0.25) is 0 Å². The third-order valence-electron chi connectivity index (χ3n) is 5.64. The van der Waals surface area contributed by atoms with Crippen molar-refractivity contribution < 1.29 is 14.3 Å². The van der Waals surface area contributed by atoms with E-state index in [4.69, 9.17) is 9.47 Å². The number of methoxy groups -OCH3 is 1. The minimum atomic E-state index is -0.435. The average Bonchev–Trinajstić information content (AvgIpc) is 3.50. The number of amides is 1. The van der Waals surface area contributed by atoms with Crippen molar-refractivity contribution >= 4 is 16.8 Å². The summed E-state index contributed by atoms with van der Waals surface area (Å²) < 4.78 is 11.0. The molecular formula is C24H28N2O3. The first kappa shape index (κ1) is 19.5. The zero-order chi connectivity index (χ0) is 20.2. The van der Waals surface area contributed by atoms with E-state index in [0.717, 1.165) is 22.4 Å². The molecule has 1 amide bonds. The Morgan fingerprint density at radius 3 is 2.66 bits per heavy atom. The van der Waals surface area contributed by atoms with Crippen molar-refractivity contribution in [3.8, 4) is 5.75 Å². The lowest BCUT2D eigenvalue weighted by Gasteiger charge is -2.20. The van der Waals surface area contributed by atoms with Crippen molar-refractivity contribution in [2.75, 3.05) is 20.3 Å². The van der Waals surface area contributed by atoms with Gasteiger partial charge >= 0.3 is 0 Å². The van der Waals surface area contributed by atoms with E-state index in [9.17, 15) is 4.79 Å². The molecule has 0 aliphatic heterocycles. The standard InChI is InChI=1S/C24H28N2O3/c1-16(29-15-17-7-8-17)24(27)26-13-21(18-9-11-19(28-2)12-10-18)22-14-25-23-6-4-3-5-20(22)23/h3-6,9-12,14,16-17,21,25H,7-8,13,15H2,1-2H3,(H,26,27). The molecule has 29 heavy (non-hydrogen) atoms. The molecule has 5 heteroatoms. The summed E-state index contributed by atoms with van der Waals surface area (Å²) in [6.45, 7) is 3.01. The first-order valence-electron chi connectivity index (χ1n) is 10.2. The van der Waals surface area contributed by atoms with Gasteiger partial charge in [-0.3, -0.25) is 4.79 Å². The lowest BCUT2D eigenvalue weighted by Crippen LogP contribution is -2.37. The molecule has 1 aromatic heterocycles. The van der Waals surface area contributed by atoms with Crippen molar-refractivity contribution in [3.05, 3.63) is 65.9 Å². The predicted octanol–water partition coefficient (Wildman–Crippen LogP) is 4.24. The van der Waals surface area contributed by atoms with E-state index in [2.05, 4.69) is 34.6 Å². The fourth-order valence-corrected chi connectivity index (χ4v) is 3.61. The number of para-hydroxylation sites is 1. The van der Waals surface area contributed by atoms with Gasteiger partial charge in [-0.1, -0.05) is 30.3 Å². The van der Waals surface area contributed by atoms with E-state index in [1.807, 2.05) is 37.4 Å². The van der Waals surface area contributed by atoms with Crippen molar-refractivity contribution in [1.82, 2.24) is 10.3 Å². The maximum Gasteiger partial charge on any atom is 0.248 e. The number of rotatable bonds is 9. The Labute approximate surface area is 171 Å². The second kappa shape index (κ2) is 8.70. The van der Waals surface area contributed by atoms with Crippen LogP contribution in [-0.2, 0) is 9.53 Å². The molecule has 3 aromatic rings. The highest BCUT2D eigenvalue weighted by molar-refractivity contribution is 5.84. The quantitative estimate of drug-likeness (QED) is 0.572. The van der Waals surface area contributed by atoms with Crippen LogP contribution in [0.25, 0.3) is 10.9 Å². The summed E-state index contributed by atoms with van der Waals surface area (Å²) in [5.41, 5.74) is 3.38. The summed E-state index contributed by atoms with van der Waals surface area (Å²) in [6.07, 6.45) is 4.04. The van der Waals surface area contributed by atoms with Crippen molar-refractivity contribution in [2.45, 2.75) is 31.8 Å². The van der Waals surface area contributed by atoms with Gasteiger partial charge < -0.3 is 19.8 Å². The number of aromatic amines is 1. The van der Waals surface area contributed by atoms with E-state index >= 15 is 0 Å². The molecule has 1 heterocycles. The monoisotopic (exact) mass is 392 g/mol. The highest BCUT2D eigenvalue weighted by Gasteiger charge is 2.25. The molecule has 2 atom stereocenters. The summed E-state index contributed by atoms with van der Waals surface area (Å²) in [4.78, 5) is 15.9. The van der Waals surface area contributed by atoms with Crippen LogP contribution in [0.3, 0.4) is 0 Å². The second-order valence-corrected chi connectivity index (χ2v) is 7.78. The van der Waals surface area contributed by atoms with Gasteiger partial charge in [-0.15, -0.1) is 0 Å². The summed E-state index contributed by atoms with van der Waals surface area (Å²) in [6, 6.07) is 16.3. The normalized spacial score (nSPS) is 15.8. The van der Waals surface area contributed by atoms with Gasteiger partial charge in [0.25, 0.3) is 0 Å². The van der Waals surface area contributed by atoms with Gasteiger partial charge in [-0.2, -0.15) is 0 Å². The molecule has 0 spiro atoms. The predicted molar refractivity (Wildman–Crippen MR) is 114 cm³/mol. The fraction of sp³-hybridized carbons (Fsp3) is 0.375. The van der Waals surface area contributed by atoms with Crippen molar-refractivity contribution in [1.29, 1.82) is 0 Å². The minimum Gasteiger partial charge on any atom is -0.497 e. The SMILES string of the molecule is COc1ccc(C(CNC(=O)C(C)OCC2CC2)c2c[nH]c3ccccc23)cc1. The summed E-state index contributed by atoms with van der Waals surface area (Å²) >= 11 is 0. The molecule has 0 saturated heterocycles. The summed E-state index contributed by atoms with van der Waals surface area (Å²) in [5.74, 6) is 1.42. The number of fused-ring (bicyclic) bond motifs is 1. The van der Waals surface area contributed by atoms with Crippen LogP contribution in [0.15, 0.2) is 54.7 Å². The molecule has 1 aliphatic rings. The second-order valence-electron chi connectivity index (χ2n) is 7.78. The lowest BCUT2D eigenvalue weighted by atomic mass is 9.90. The molecule has 0 bridgehead atoms. The lowest BCUT2D eigenvalue weighted by molar-refractivity contribution is -0.132. The van der Waals surface area contributed by atoms with Crippen LogP contribution in [-0.4, -0.2) is 37.3 Å². The Kier molecular flexibility index (Phi) is 5.86. The smallest absolute Gasteiger partial charge is 0.248 e. The number of hydrogen-bond acceptors (Lipinski definition) is 3. The van der Waals surface area contributed by atoms with Gasteiger partial charge in [0, 0.05) is 29.6 Å². The van der Waals surface area contributed by atoms with E-state index in [1.165, 1.54) is 18.2 Å². The Hall–Kier alpha value is -2.79. The van der Waals surface area contributed by atoms with Crippen LogP contribution in [0.1, 0.15) is 36.8 Å². The van der Waals surface area contributed by atoms with Crippen LogP contribution in [0.5, 0.6) is 5.75 Å². The van der Waals surface area contributed by atoms with Crippen LogP contribution in [0, 0.1) is 5.92 Å². The van der Waals surface area contributed by atoms with Gasteiger partial charge in [-0.05, 0) is 55.0 Å². The molecule has 152 valence electrons. The van der Waals surface area contributed by atoms with E-state index in [1.54, 1.807) is 7.11 Å². The maximum absolute atomic E-state index is 12.6. The molecule has 1 fully saturated rings. The molecule has 5 nitrogen and oxygen atoms in total. The molecule has 1 aliphatic carbocycles. The van der Waals surface area contributed by atoms with Crippen LogP contribution >= 0.6 is 0 Å². The average molecular weight is 392 g/mol. The van der Waals surface area contributed by atoms with Gasteiger partial charge in [0.05, 0.1) is 13.7 Å². The Bertz CT molecular complexity index is 960. The fourth-order valence-electron chi connectivity index (χ4n) is 3.61. The Morgan fingerprint density at radius 1 is 1.17 bits per heavy atom. The Morgan fingerprint density at radius 2 is 1.93 bits per heavy atom. The summed E-state index contributed by atoms with van der Waals surface area (Å²) in [7, 11) is 1.66. The van der Waals surface area contributed by atoms with Crippen LogP contribution in [0.4, 0.5) is 0 Å². The Balaban J connectivity index is 1.53. The van der Waals surface area contributed by atoms with Crippen molar-refractivity contribution in [2.24, 2.45) is 5.92 Å². The van der Waals surface area contributed by atoms with Gasteiger partial charge in [-0.25, -0.2) is 0 Å². The molecule has 0 radical (unpaired) electrons. The zero-order valence-corrected chi connectivity index (χ0v) is 17.0. The molecule has 2 unspecified atom stereocenters. The number of hydrogen-bond donors (Lipinski definition) is 2. The van der Waals surface area contributed by atoms with Gasteiger partial charge in [0.15, 0.2) is 0 Å². The van der Waals surface area contributed by atoms with Crippen LogP contribution < -0.4 is 10.1 Å². The van der Waals surface area contributed by atoms with Gasteiger partial charge in [0.2, 0.25) is 5.91 Å². The third kappa shape index (κ3) is 4.62. The highest BCUT2D eigenvalue weighted by Crippen LogP contribution is 2.32. The number of H-pyrrole nitrogens is 1. The first-order chi connectivity index (χ1) is 14.2. The maximum atomic E-state index is 12.6. The number of aromatic nitrogens is 1. The van der Waals surface area contributed by atoms with E-state index in [0.29, 0.717) is 19.1 Å². The van der Waals surface area contributed by atoms with E-state index < -0.39 is 6.10 Å². The number of benzene rings is 2. The topological polar surface area (TPSA) is 63.4 Å². The largest absolute Gasteiger partial charge is 0.497 e. The number of carbonyl (C=O) groups excluding carboxylic acids is 1. The summed E-state index contributed by atoms with van der Waals surface area (Å²) in [5, 5.41) is 4.26. The molecular weight excluding hydrogens is 364 g/mol. The molecule has 1 saturated carbocycles. The number of carbonyl (C=O) groups is 1. The first-order valence-corrected chi connectivity index (χ1v) is 10.2. The molecule has 2 N–H and O–H groups in total. The van der Waals surface area contributed by atoms with Crippen molar-refractivity contribution in [3.63, 3.8) is 0 Å². The number of ether oxygens (including phenoxy) is 2. The molecule has 2 aromatic carbocycles. The molecule has 4 rings (SSSR count). The van der Waals surface area contributed by atoms with Gasteiger partial charge in [0.1, 0.15) is 11.9 Å². The number of nitrogens with one attached hydrogen (secondary N) is 2. The highest BCUT2D eigenvalue weighted by atomic mass is 16.5. The third-order valence-corrected chi connectivity index (χ3v) is 5.64. The minimum absolute atomic E-state index is 0.0247. The zero-order valence-electron chi connectivity index (χ0n) is 17.0.